The largest absolute Gasteiger partial charge is 0.454 e. The van der Waals surface area contributed by atoms with E-state index in [4.69, 9.17) is 4.74 Å². The van der Waals surface area contributed by atoms with Crippen LogP contribution in [0, 0.1) is 0 Å². The summed E-state index contributed by atoms with van der Waals surface area (Å²) < 4.78 is 69.5. The summed E-state index contributed by atoms with van der Waals surface area (Å²) in [4.78, 5) is 11.0. The van der Waals surface area contributed by atoms with Crippen molar-refractivity contribution in [3.63, 3.8) is 0 Å². The first-order valence-corrected chi connectivity index (χ1v) is 5.88. The van der Waals surface area contributed by atoms with Gasteiger partial charge in [0, 0.05) is 7.05 Å². The summed E-state index contributed by atoms with van der Waals surface area (Å²) in [6.45, 7) is 1.55. The third kappa shape index (κ3) is 3.25. The Morgan fingerprint density at radius 3 is 2.19 bits per heavy atom. The van der Waals surface area contributed by atoms with E-state index in [1.54, 1.807) is 0 Å². The van der Waals surface area contributed by atoms with Crippen molar-refractivity contribution < 1.29 is 31.5 Å². The van der Waals surface area contributed by atoms with Crippen LogP contribution >= 0.6 is 0 Å². The third-order valence-corrected chi connectivity index (χ3v) is 3.11. The smallest absolute Gasteiger partial charge is 0.410 e. The molecule has 0 aliphatic carbocycles. The molecule has 1 rings (SSSR count). The molecule has 0 aliphatic heterocycles. The maximum absolute atomic E-state index is 13.6. The average molecular weight is 311 g/mol. The number of hydrogen-bond acceptors (Lipinski definition) is 2. The number of carbonyl (C=O) groups is 1. The van der Waals surface area contributed by atoms with E-state index >= 15 is 0 Å². The lowest BCUT2D eigenvalue weighted by Gasteiger charge is -2.35. The van der Waals surface area contributed by atoms with E-state index in [1.165, 1.54) is 19.2 Å². The number of rotatable bonds is 3. The highest BCUT2D eigenvalue weighted by molar-refractivity contribution is 5.69. The molecule has 1 N–H and O–H groups in total. The van der Waals surface area contributed by atoms with Crippen LogP contribution in [0.5, 0.6) is 5.75 Å². The molecule has 0 aromatic heterocycles. The van der Waals surface area contributed by atoms with Crippen LogP contribution in [0.25, 0.3) is 0 Å². The van der Waals surface area contributed by atoms with Crippen molar-refractivity contribution in [2.75, 3.05) is 7.05 Å². The van der Waals surface area contributed by atoms with Gasteiger partial charge in [-0.2, -0.15) is 22.0 Å². The van der Waals surface area contributed by atoms with Gasteiger partial charge in [0.1, 0.15) is 5.75 Å². The molecule has 0 atom stereocenters. The van der Waals surface area contributed by atoms with Crippen molar-refractivity contribution in [3.05, 3.63) is 29.8 Å². The fraction of sp³-hybridized carbons (Fsp3) is 0.462. The normalized spacial score (nSPS) is 13.0. The Morgan fingerprint density at radius 1 is 1.14 bits per heavy atom. The van der Waals surface area contributed by atoms with Crippen molar-refractivity contribution in [1.82, 2.24) is 5.32 Å². The molecule has 0 fully saturated rings. The van der Waals surface area contributed by atoms with Crippen molar-refractivity contribution in [2.24, 2.45) is 0 Å². The first-order chi connectivity index (χ1) is 9.43. The fourth-order valence-electron chi connectivity index (χ4n) is 1.64. The van der Waals surface area contributed by atoms with E-state index in [2.05, 4.69) is 5.32 Å². The molecule has 21 heavy (non-hydrogen) atoms. The zero-order chi connectivity index (χ0) is 16.5. The highest BCUT2D eigenvalue weighted by Gasteiger charge is 2.66. The fourth-order valence-corrected chi connectivity index (χ4v) is 1.64. The zero-order valence-electron chi connectivity index (χ0n) is 11.5. The molecule has 0 radical (unpaired) electrons. The van der Waals surface area contributed by atoms with Crippen LogP contribution in [0.15, 0.2) is 24.3 Å². The van der Waals surface area contributed by atoms with Gasteiger partial charge in [0.2, 0.25) is 0 Å². The lowest BCUT2D eigenvalue weighted by molar-refractivity contribution is -0.305. The summed E-state index contributed by atoms with van der Waals surface area (Å²) in [5.41, 5.74) is -2.82. The van der Waals surface area contributed by atoms with Crippen molar-refractivity contribution in [3.8, 4) is 5.75 Å². The summed E-state index contributed by atoms with van der Waals surface area (Å²) in [6.07, 6.45) is -6.54. The quantitative estimate of drug-likeness (QED) is 0.860. The molecule has 1 aromatic rings. The molecule has 1 amide bonds. The number of nitrogens with one attached hydrogen (secondary N) is 1. The molecule has 0 saturated carbocycles. The first-order valence-electron chi connectivity index (χ1n) is 5.88. The predicted molar refractivity (Wildman–Crippen MR) is 65.6 cm³/mol. The highest BCUT2D eigenvalue weighted by Crippen LogP contribution is 2.49. The summed E-state index contributed by atoms with van der Waals surface area (Å²) >= 11 is 0. The highest BCUT2D eigenvalue weighted by atomic mass is 19.4. The Balaban J connectivity index is 3.20. The standard InChI is InChI=1S/C13H14F5NO2/c1-11(2,12(14,15)13(16,17)18)8-5-4-6-9(7-8)21-10(20)19-3/h4-7H,1-3H3,(H,19,20). The van der Waals surface area contributed by atoms with Crippen LogP contribution in [-0.2, 0) is 5.41 Å². The summed E-state index contributed by atoms with van der Waals surface area (Å²) in [5, 5.41) is 2.14. The number of ether oxygens (including phenoxy) is 1. The number of benzene rings is 1. The number of hydrogen-bond donors (Lipinski definition) is 1. The van der Waals surface area contributed by atoms with Gasteiger partial charge in [-0.3, -0.25) is 0 Å². The van der Waals surface area contributed by atoms with Crippen LogP contribution in [-0.4, -0.2) is 25.2 Å². The van der Waals surface area contributed by atoms with E-state index in [0.717, 1.165) is 26.0 Å². The Bertz CT molecular complexity index is 526. The maximum Gasteiger partial charge on any atom is 0.454 e. The molecule has 0 unspecified atom stereocenters. The molecule has 8 heteroatoms. The number of halogens is 5. The van der Waals surface area contributed by atoms with E-state index in [9.17, 15) is 26.7 Å². The van der Waals surface area contributed by atoms with Gasteiger partial charge in [-0.1, -0.05) is 12.1 Å². The Labute approximate surface area is 118 Å². The number of alkyl halides is 5. The van der Waals surface area contributed by atoms with Gasteiger partial charge in [-0.25, -0.2) is 4.79 Å². The van der Waals surface area contributed by atoms with Crippen LogP contribution in [0.1, 0.15) is 19.4 Å². The Hall–Kier alpha value is -1.86. The van der Waals surface area contributed by atoms with Gasteiger partial charge in [-0.05, 0) is 31.5 Å². The van der Waals surface area contributed by atoms with Gasteiger partial charge in [0.05, 0.1) is 5.41 Å². The van der Waals surface area contributed by atoms with Gasteiger partial charge in [0.15, 0.2) is 0 Å². The van der Waals surface area contributed by atoms with Crippen molar-refractivity contribution >= 4 is 6.09 Å². The van der Waals surface area contributed by atoms with Gasteiger partial charge < -0.3 is 10.1 Å². The second kappa shape index (κ2) is 5.50. The summed E-state index contributed by atoms with van der Waals surface area (Å²) in [6, 6.07) is 4.62. The zero-order valence-corrected chi connectivity index (χ0v) is 11.5. The molecule has 3 nitrogen and oxygen atoms in total. The first kappa shape index (κ1) is 17.2. The summed E-state index contributed by atoms with van der Waals surface area (Å²) in [7, 11) is 1.29. The van der Waals surface area contributed by atoms with Crippen LogP contribution < -0.4 is 10.1 Å². The predicted octanol–water partition coefficient (Wildman–Crippen LogP) is 3.88. The van der Waals surface area contributed by atoms with Crippen molar-refractivity contribution in [1.29, 1.82) is 0 Å². The van der Waals surface area contributed by atoms with Crippen molar-refractivity contribution in [2.45, 2.75) is 31.4 Å². The van der Waals surface area contributed by atoms with Crippen LogP contribution in [0.2, 0.25) is 0 Å². The minimum atomic E-state index is -5.69. The molecule has 0 aliphatic rings. The molecular weight excluding hydrogens is 297 g/mol. The molecular formula is C13H14F5NO2. The van der Waals surface area contributed by atoms with Gasteiger partial charge >= 0.3 is 18.2 Å². The second-order valence-corrected chi connectivity index (χ2v) is 4.86. The molecule has 0 heterocycles. The van der Waals surface area contributed by atoms with E-state index in [1.807, 2.05) is 0 Å². The third-order valence-electron chi connectivity index (χ3n) is 3.11. The molecule has 0 spiro atoms. The molecule has 0 saturated heterocycles. The number of carbonyl (C=O) groups excluding carboxylic acids is 1. The van der Waals surface area contributed by atoms with Gasteiger partial charge in [0.25, 0.3) is 0 Å². The second-order valence-electron chi connectivity index (χ2n) is 4.86. The van der Waals surface area contributed by atoms with E-state index < -0.39 is 23.6 Å². The lowest BCUT2D eigenvalue weighted by atomic mass is 9.78. The Morgan fingerprint density at radius 2 is 1.71 bits per heavy atom. The Kier molecular flexibility index (Phi) is 4.50. The minimum Gasteiger partial charge on any atom is -0.410 e. The SMILES string of the molecule is CNC(=O)Oc1cccc(C(C)(C)C(F)(F)C(F)(F)F)c1. The molecule has 118 valence electrons. The number of amides is 1. The summed E-state index contributed by atoms with van der Waals surface area (Å²) in [5.74, 6) is -5.07. The van der Waals surface area contributed by atoms with Crippen LogP contribution in [0.3, 0.4) is 0 Å². The lowest BCUT2D eigenvalue weighted by Crippen LogP contribution is -2.51. The van der Waals surface area contributed by atoms with E-state index in [-0.39, 0.29) is 11.3 Å². The average Bonchev–Trinajstić information content (AvgIpc) is 2.37. The van der Waals surface area contributed by atoms with Crippen LogP contribution in [0.4, 0.5) is 26.7 Å². The topological polar surface area (TPSA) is 38.3 Å². The van der Waals surface area contributed by atoms with Gasteiger partial charge in [-0.15, -0.1) is 0 Å². The van der Waals surface area contributed by atoms with E-state index in [0.29, 0.717) is 0 Å². The molecule has 1 aromatic carbocycles. The minimum absolute atomic E-state index is 0.127. The maximum atomic E-state index is 13.6. The molecule has 0 bridgehead atoms. The monoisotopic (exact) mass is 311 g/mol.